The Morgan fingerprint density at radius 1 is 1.55 bits per heavy atom. The van der Waals surface area contributed by atoms with E-state index < -0.39 is 21.4 Å². The molecule has 4 N–H and O–H groups in total. The van der Waals surface area contributed by atoms with Gasteiger partial charge < -0.3 is 15.6 Å². The summed E-state index contributed by atoms with van der Waals surface area (Å²) >= 11 is 0. The predicted molar refractivity (Wildman–Crippen MR) is 71.1 cm³/mol. The van der Waals surface area contributed by atoms with Gasteiger partial charge in [0.15, 0.2) is 0 Å². The van der Waals surface area contributed by atoms with Gasteiger partial charge in [0.05, 0.1) is 11.5 Å². The van der Waals surface area contributed by atoms with E-state index in [1.165, 1.54) is 13.0 Å². The third-order valence-electron chi connectivity index (χ3n) is 3.34. The van der Waals surface area contributed by atoms with E-state index >= 15 is 0 Å². The largest absolute Gasteiger partial charge is 0.398 e. The molecule has 1 aromatic carbocycles. The normalized spacial score (nSPS) is 23.1. The molecule has 1 saturated heterocycles. The van der Waals surface area contributed by atoms with Gasteiger partial charge in [0.2, 0.25) is 10.0 Å². The number of nitrogens with two attached hydrogens (primary N) is 1. The van der Waals surface area contributed by atoms with Crippen LogP contribution in [0.3, 0.4) is 0 Å². The van der Waals surface area contributed by atoms with Crippen molar-refractivity contribution in [1.29, 1.82) is 0 Å². The molecule has 0 saturated carbocycles. The second kappa shape index (κ2) is 5.28. The SMILES string of the molecule is Cc1c(N)cc(S(=O)(=O)NCC2(O)CCOC2)cc1F. The van der Waals surface area contributed by atoms with Gasteiger partial charge in [-0.2, -0.15) is 0 Å². The van der Waals surface area contributed by atoms with Crippen molar-refractivity contribution in [2.24, 2.45) is 0 Å². The molecule has 1 aliphatic rings. The summed E-state index contributed by atoms with van der Waals surface area (Å²) in [7, 11) is -3.93. The van der Waals surface area contributed by atoms with Crippen molar-refractivity contribution in [3.05, 3.63) is 23.5 Å². The Balaban J connectivity index is 2.18. The summed E-state index contributed by atoms with van der Waals surface area (Å²) in [5.41, 5.74) is 4.60. The molecular weight excluding hydrogens is 287 g/mol. The monoisotopic (exact) mass is 304 g/mol. The molecule has 112 valence electrons. The van der Waals surface area contributed by atoms with E-state index in [4.69, 9.17) is 10.5 Å². The lowest BCUT2D eigenvalue weighted by Gasteiger charge is -2.20. The number of aliphatic hydroxyl groups is 1. The molecular formula is C12H17FN2O4S. The molecule has 0 amide bonds. The lowest BCUT2D eigenvalue weighted by atomic mass is 10.1. The first-order valence-corrected chi connectivity index (χ1v) is 7.57. The summed E-state index contributed by atoms with van der Waals surface area (Å²) in [6.07, 6.45) is 0.347. The highest BCUT2D eigenvalue weighted by Gasteiger charge is 2.33. The summed E-state index contributed by atoms with van der Waals surface area (Å²) in [5.74, 6) is -0.687. The molecule has 1 atom stereocenters. The molecule has 6 nitrogen and oxygen atoms in total. The van der Waals surface area contributed by atoms with E-state index in [2.05, 4.69) is 4.72 Å². The maximum atomic E-state index is 13.5. The molecule has 2 rings (SSSR count). The zero-order valence-electron chi connectivity index (χ0n) is 11.0. The summed E-state index contributed by atoms with van der Waals surface area (Å²) in [5, 5.41) is 10.0. The van der Waals surface area contributed by atoms with Crippen LogP contribution in [0.25, 0.3) is 0 Å². The van der Waals surface area contributed by atoms with Gasteiger partial charge in [-0.05, 0) is 19.1 Å². The maximum Gasteiger partial charge on any atom is 0.240 e. The minimum atomic E-state index is -3.93. The van der Waals surface area contributed by atoms with E-state index in [0.29, 0.717) is 13.0 Å². The van der Waals surface area contributed by atoms with Crippen LogP contribution >= 0.6 is 0 Å². The molecule has 1 aromatic rings. The summed E-state index contributed by atoms with van der Waals surface area (Å²) in [6, 6.07) is 2.10. The van der Waals surface area contributed by atoms with Gasteiger partial charge in [0, 0.05) is 30.8 Å². The van der Waals surface area contributed by atoms with Gasteiger partial charge in [-0.3, -0.25) is 0 Å². The van der Waals surface area contributed by atoms with Crippen LogP contribution in [0.4, 0.5) is 10.1 Å². The Morgan fingerprint density at radius 3 is 2.80 bits per heavy atom. The fourth-order valence-electron chi connectivity index (χ4n) is 1.88. The maximum absolute atomic E-state index is 13.5. The molecule has 1 aliphatic heterocycles. The number of nitrogens with one attached hydrogen (secondary N) is 1. The summed E-state index contributed by atoms with van der Waals surface area (Å²) in [4.78, 5) is -0.263. The molecule has 20 heavy (non-hydrogen) atoms. The molecule has 0 bridgehead atoms. The lowest BCUT2D eigenvalue weighted by Crippen LogP contribution is -2.43. The highest BCUT2D eigenvalue weighted by atomic mass is 32.2. The minimum Gasteiger partial charge on any atom is -0.398 e. The molecule has 0 aromatic heterocycles. The average Bonchev–Trinajstić information content (AvgIpc) is 2.81. The first-order valence-electron chi connectivity index (χ1n) is 6.09. The third-order valence-corrected chi connectivity index (χ3v) is 4.72. The smallest absolute Gasteiger partial charge is 0.240 e. The van der Waals surface area contributed by atoms with Crippen LogP contribution in [-0.4, -0.2) is 38.9 Å². The van der Waals surface area contributed by atoms with Gasteiger partial charge in [0.25, 0.3) is 0 Å². The number of halogens is 1. The lowest BCUT2D eigenvalue weighted by molar-refractivity contribution is 0.0314. The standard InChI is InChI=1S/C12H17FN2O4S/c1-8-10(13)4-9(5-11(8)14)20(17,18)15-6-12(16)2-3-19-7-12/h4-5,15-16H,2-3,6-7,14H2,1H3. The third kappa shape index (κ3) is 3.09. The average molecular weight is 304 g/mol. The van der Waals surface area contributed by atoms with Crippen LogP contribution in [0.2, 0.25) is 0 Å². The Kier molecular flexibility index (Phi) is 4.01. The molecule has 0 spiro atoms. The topological polar surface area (TPSA) is 102 Å². The van der Waals surface area contributed by atoms with Gasteiger partial charge in [0.1, 0.15) is 11.4 Å². The van der Waals surface area contributed by atoms with E-state index in [1.807, 2.05) is 0 Å². The zero-order valence-corrected chi connectivity index (χ0v) is 11.8. The van der Waals surface area contributed by atoms with Crippen molar-refractivity contribution in [2.45, 2.75) is 23.8 Å². The fraction of sp³-hybridized carbons (Fsp3) is 0.500. The predicted octanol–water partition coefficient (Wildman–Crippen LogP) is 0.146. The van der Waals surface area contributed by atoms with Gasteiger partial charge in [-0.1, -0.05) is 0 Å². The van der Waals surface area contributed by atoms with Gasteiger partial charge in [-0.15, -0.1) is 0 Å². The number of anilines is 1. The fourth-order valence-corrected chi connectivity index (χ4v) is 3.04. The molecule has 1 unspecified atom stereocenters. The van der Waals surface area contributed by atoms with Crippen molar-refractivity contribution in [3.63, 3.8) is 0 Å². The first-order chi connectivity index (χ1) is 9.23. The van der Waals surface area contributed by atoms with Crippen LogP contribution < -0.4 is 10.5 Å². The van der Waals surface area contributed by atoms with Crippen LogP contribution in [0.5, 0.6) is 0 Å². The first kappa shape index (κ1) is 15.2. The molecule has 8 heteroatoms. The number of ether oxygens (including phenoxy) is 1. The van der Waals surface area contributed by atoms with Gasteiger partial charge in [-0.25, -0.2) is 17.5 Å². The van der Waals surface area contributed by atoms with E-state index in [1.54, 1.807) is 0 Å². The van der Waals surface area contributed by atoms with Crippen molar-refractivity contribution in [2.75, 3.05) is 25.5 Å². The van der Waals surface area contributed by atoms with E-state index in [0.717, 1.165) is 6.07 Å². The second-order valence-corrected chi connectivity index (χ2v) is 6.74. The van der Waals surface area contributed by atoms with Crippen LogP contribution in [0, 0.1) is 12.7 Å². The van der Waals surface area contributed by atoms with Crippen LogP contribution in [-0.2, 0) is 14.8 Å². The number of rotatable bonds is 4. The Bertz CT molecular complexity index is 589. The molecule has 0 radical (unpaired) electrons. The summed E-state index contributed by atoms with van der Waals surface area (Å²) < 4.78 is 44.9. The van der Waals surface area contributed by atoms with Crippen molar-refractivity contribution < 1.29 is 22.7 Å². The number of nitrogen functional groups attached to an aromatic ring is 1. The van der Waals surface area contributed by atoms with Crippen molar-refractivity contribution in [1.82, 2.24) is 4.72 Å². The Hall–Kier alpha value is -1.22. The number of sulfonamides is 1. The quantitative estimate of drug-likeness (QED) is 0.687. The number of hydrogen-bond donors (Lipinski definition) is 3. The van der Waals surface area contributed by atoms with Crippen molar-refractivity contribution in [3.8, 4) is 0 Å². The number of hydrogen-bond acceptors (Lipinski definition) is 5. The van der Waals surface area contributed by atoms with Crippen LogP contribution in [0.15, 0.2) is 17.0 Å². The molecule has 1 fully saturated rings. The van der Waals surface area contributed by atoms with Crippen LogP contribution in [0.1, 0.15) is 12.0 Å². The second-order valence-electron chi connectivity index (χ2n) is 4.97. The van der Waals surface area contributed by atoms with Gasteiger partial charge >= 0.3 is 0 Å². The Morgan fingerprint density at radius 2 is 2.25 bits per heavy atom. The minimum absolute atomic E-state index is 0.0632. The summed E-state index contributed by atoms with van der Waals surface area (Å²) in [6.45, 7) is 1.72. The molecule has 0 aliphatic carbocycles. The zero-order chi connectivity index (χ0) is 15.0. The van der Waals surface area contributed by atoms with E-state index in [9.17, 15) is 17.9 Å². The highest BCUT2D eigenvalue weighted by molar-refractivity contribution is 7.89. The Labute approximate surface area is 116 Å². The van der Waals surface area contributed by atoms with Crippen molar-refractivity contribution >= 4 is 15.7 Å². The van der Waals surface area contributed by atoms with E-state index in [-0.39, 0.29) is 29.3 Å². The number of benzene rings is 1. The highest BCUT2D eigenvalue weighted by Crippen LogP contribution is 2.22. The molecule has 1 heterocycles.